The quantitative estimate of drug-likeness (QED) is 0.602. The molecule has 1 saturated heterocycles. The van der Waals surface area contributed by atoms with Crippen LogP contribution in [-0.4, -0.2) is 73.9 Å². The van der Waals surface area contributed by atoms with Gasteiger partial charge in [0.05, 0.1) is 12.7 Å². The number of amides is 2. The Bertz CT molecular complexity index is 872. The maximum atomic E-state index is 13.5. The summed E-state index contributed by atoms with van der Waals surface area (Å²) in [7, 11) is 3.65. The minimum absolute atomic E-state index is 0.0817. The first kappa shape index (κ1) is 27.5. The lowest BCUT2D eigenvalue weighted by atomic mass is 9.44. The Balaban J connectivity index is 1.66. The molecule has 0 aromatic rings. The number of carbonyl (C=O) groups is 3. The number of aliphatic hydroxyl groups is 1. The molecule has 3 aliphatic carbocycles. The van der Waals surface area contributed by atoms with Crippen LogP contribution < -0.4 is 5.32 Å². The van der Waals surface area contributed by atoms with E-state index >= 15 is 0 Å². The van der Waals surface area contributed by atoms with Gasteiger partial charge in [0, 0.05) is 36.2 Å². The molecule has 4 aliphatic rings. The number of ether oxygens (including phenoxy) is 2. The number of likely N-dealkylation sites (tertiary alicyclic amines) is 1. The highest BCUT2D eigenvalue weighted by Crippen LogP contribution is 2.67. The Labute approximate surface area is 215 Å². The summed E-state index contributed by atoms with van der Waals surface area (Å²) in [6, 6.07) is 0. The van der Waals surface area contributed by atoms with Crippen molar-refractivity contribution < 1.29 is 29.0 Å². The monoisotopic (exact) mass is 506 g/mol. The van der Waals surface area contributed by atoms with Gasteiger partial charge in [-0.3, -0.25) is 14.9 Å². The van der Waals surface area contributed by atoms with Crippen LogP contribution in [0.4, 0.5) is 4.79 Å². The van der Waals surface area contributed by atoms with Gasteiger partial charge in [0.1, 0.15) is 11.9 Å². The van der Waals surface area contributed by atoms with Gasteiger partial charge in [0.25, 0.3) is 0 Å². The summed E-state index contributed by atoms with van der Waals surface area (Å²) in [6.45, 7) is 10.3. The van der Waals surface area contributed by atoms with Crippen molar-refractivity contribution >= 4 is 17.8 Å². The number of hydrogen-bond donors (Lipinski definition) is 2. The van der Waals surface area contributed by atoms with E-state index in [1.165, 1.54) is 0 Å². The highest BCUT2D eigenvalue weighted by atomic mass is 16.6. The van der Waals surface area contributed by atoms with Crippen molar-refractivity contribution in [2.45, 2.75) is 84.8 Å². The predicted molar refractivity (Wildman–Crippen MR) is 135 cm³/mol. The van der Waals surface area contributed by atoms with Gasteiger partial charge in [-0.2, -0.15) is 0 Å². The first-order chi connectivity index (χ1) is 16.9. The van der Waals surface area contributed by atoms with Crippen molar-refractivity contribution in [3.05, 3.63) is 0 Å². The minimum Gasteiger partial charge on any atom is -0.445 e. The van der Waals surface area contributed by atoms with Gasteiger partial charge in [-0.1, -0.05) is 27.7 Å². The van der Waals surface area contributed by atoms with E-state index in [0.717, 1.165) is 32.4 Å². The lowest BCUT2D eigenvalue weighted by molar-refractivity contribution is -0.204. The van der Waals surface area contributed by atoms with E-state index in [2.05, 4.69) is 31.0 Å². The van der Waals surface area contributed by atoms with Crippen molar-refractivity contribution in [3.8, 4) is 0 Å². The van der Waals surface area contributed by atoms with Crippen LogP contribution in [0.1, 0.15) is 72.6 Å². The third kappa shape index (κ3) is 4.41. The number of rotatable bonds is 4. The molecule has 3 saturated carbocycles. The number of nitrogens with zero attached hydrogens (tertiary/aromatic N) is 1. The fraction of sp³-hybridized carbons (Fsp3) is 0.893. The summed E-state index contributed by atoms with van der Waals surface area (Å²) in [5.74, 6) is -0.500. The standard InChI is InChI=1S/C28H46N2O6/c1-17-7-11-28-12-8-20(31)22(28)27(17,4)21(15-26(3,16-35-6)23(32)18(28)2)36-25(34)29-24(33)19-9-13-30(5)14-10-19/h17-19,21-23,32H,7-16H2,1-6H3,(H,29,33,34)/t17-,18+,21?,22?,23+,26+,27+,28?/m1/s1. The summed E-state index contributed by atoms with van der Waals surface area (Å²) >= 11 is 0. The molecule has 3 unspecified atom stereocenters. The molecule has 2 amide bonds. The van der Waals surface area contributed by atoms with Crippen molar-refractivity contribution in [1.82, 2.24) is 10.2 Å². The average molecular weight is 507 g/mol. The SMILES string of the molecule is COC[C@]1(C)CC(OC(=O)NC(=O)C2CCN(C)CC2)[C@@]2(C)C3C(=O)CCC3(CC[C@H]2C)[C@@H](C)[C@@H]1O. The third-order valence-electron chi connectivity index (χ3n) is 10.9. The van der Waals surface area contributed by atoms with E-state index in [1.807, 2.05) is 14.0 Å². The van der Waals surface area contributed by atoms with Gasteiger partial charge in [-0.05, 0) is 75.9 Å². The molecule has 4 rings (SSSR count). The van der Waals surface area contributed by atoms with E-state index in [1.54, 1.807) is 7.11 Å². The lowest BCUT2D eigenvalue weighted by Crippen LogP contribution is -2.64. The molecule has 1 heterocycles. The molecule has 8 nitrogen and oxygen atoms in total. The number of nitrogens with one attached hydrogen (secondary N) is 1. The van der Waals surface area contributed by atoms with Crippen LogP contribution in [0, 0.1) is 39.9 Å². The second-order valence-corrected chi connectivity index (χ2v) is 12.9. The molecule has 2 bridgehead atoms. The van der Waals surface area contributed by atoms with Crippen molar-refractivity contribution in [2.24, 2.45) is 39.9 Å². The molecule has 4 fully saturated rings. The second kappa shape index (κ2) is 9.99. The number of Topliss-reactive ketones (excluding diaryl/α,β-unsaturated/α-hetero) is 1. The van der Waals surface area contributed by atoms with E-state index in [4.69, 9.17) is 9.47 Å². The topological polar surface area (TPSA) is 105 Å². The molecule has 0 aromatic carbocycles. The van der Waals surface area contributed by atoms with Crippen LogP contribution in [0.2, 0.25) is 0 Å². The van der Waals surface area contributed by atoms with Crippen LogP contribution in [0.3, 0.4) is 0 Å². The number of methoxy groups -OCH3 is 1. The molecule has 0 radical (unpaired) electrons. The third-order valence-corrected chi connectivity index (χ3v) is 10.9. The smallest absolute Gasteiger partial charge is 0.414 e. The molecule has 1 aliphatic heterocycles. The number of hydrogen-bond acceptors (Lipinski definition) is 7. The van der Waals surface area contributed by atoms with Crippen LogP contribution >= 0.6 is 0 Å². The zero-order valence-electron chi connectivity index (χ0n) is 23.0. The molecule has 36 heavy (non-hydrogen) atoms. The first-order valence-electron chi connectivity index (χ1n) is 13.8. The molecular formula is C28H46N2O6. The second-order valence-electron chi connectivity index (χ2n) is 12.9. The van der Waals surface area contributed by atoms with Crippen LogP contribution in [0.15, 0.2) is 0 Å². The summed E-state index contributed by atoms with van der Waals surface area (Å²) in [5, 5.41) is 14.2. The summed E-state index contributed by atoms with van der Waals surface area (Å²) in [6.07, 6.45) is 2.75. The van der Waals surface area contributed by atoms with Gasteiger partial charge < -0.3 is 19.5 Å². The first-order valence-corrected chi connectivity index (χ1v) is 13.8. The molecule has 0 spiro atoms. The molecule has 8 atom stereocenters. The Kier molecular flexibility index (Phi) is 7.64. The maximum Gasteiger partial charge on any atom is 0.414 e. The van der Waals surface area contributed by atoms with Crippen LogP contribution in [-0.2, 0) is 19.1 Å². The van der Waals surface area contributed by atoms with E-state index < -0.39 is 29.1 Å². The number of imide groups is 1. The Morgan fingerprint density at radius 3 is 2.44 bits per heavy atom. The van der Waals surface area contributed by atoms with Gasteiger partial charge in [-0.15, -0.1) is 0 Å². The van der Waals surface area contributed by atoms with Crippen LogP contribution in [0.25, 0.3) is 0 Å². The molecule has 0 aromatic heterocycles. The zero-order chi connectivity index (χ0) is 26.5. The van der Waals surface area contributed by atoms with Gasteiger partial charge in [0.15, 0.2) is 0 Å². The molecule has 8 heteroatoms. The van der Waals surface area contributed by atoms with Gasteiger partial charge in [-0.25, -0.2) is 4.79 Å². The van der Waals surface area contributed by atoms with E-state index in [0.29, 0.717) is 32.3 Å². The van der Waals surface area contributed by atoms with Crippen molar-refractivity contribution in [2.75, 3.05) is 33.9 Å². The number of alkyl carbamates (subject to hydrolysis) is 1. The fourth-order valence-electron chi connectivity index (χ4n) is 8.46. The normalized spacial score (nSPS) is 43.9. The van der Waals surface area contributed by atoms with Crippen LogP contribution in [0.5, 0.6) is 0 Å². The van der Waals surface area contributed by atoms with E-state index in [9.17, 15) is 19.5 Å². The van der Waals surface area contributed by atoms with Gasteiger partial charge in [0.2, 0.25) is 5.91 Å². The highest BCUT2D eigenvalue weighted by molar-refractivity contribution is 5.93. The largest absolute Gasteiger partial charge is 0.445 e. The number of carbonyl (C=O) groups excluding carboxylic acids is 3. The van der Waals surface area contributed by atoms with Gasteiger partial charge >= 0.3 is 6.09 Å². The Morgan fingerprint density at radius 1 is 1.14 bits per heavy atom. The zero-order valence-corrected chi connectivity index (χ0v) is 23.0. The van der Waals surface area contributed by atoms with Crippen molar-refractivity contribution in [1.29, 1.82) is 0 Å². The summed E-state index contributed by atoms with van der Waals surface area (Å²) in [5.41, 5.74) is -1.59. The molecular weight excluding hydrogens is 460 g/mol. The molecule has 2 N–H and O–H groups in total. The fourth-order valence-corrected chi connectivity index (χ4v) is 8.46. The number of piperidine rings is 1. The Hall–Kier alpha value is -1.51. The maximum absolute atomic E-state index is 13.5. The summed E-state index contributed by atoms with van der Waals surface area (Å²) < 4.78 is 11.7. The van der Waals surface area contributed by atoms with Crippen molar-refractivity contribution in [3.63, 3.8) is 0 Å². The summed E-state index contributed by atoms with van der Waals surface area (Å²) in [4.78, 5) is 41.7. The lowest BCUT2D eigenvalue weighted by Gasteiger charge is -2.62. The Morgan fingerprint density at radius 2 is 1.81 bits per heavy atom. The highest BCUT2D eigenvalue weighted by Gasteiger charge is 2.68. The molecule has 204 valence electrons. The number of ketones is 1. The van der Waals surface area contributed by atoms with E-state index in [-0.39, 0.29) is 40.8 Å². The number of aliphatic hydroxyl groups excluding tert-OH is 1. The average Bonchev–Trinajstić information content (AvgIpc) is 3.18. The minimum atomic E-state index is -0.748. The predicted octanol–water partition coefficient (Wildman–Crippen LogP) is 3.40.